The van der Waals surface area contributed by atoms with Crippen LogP contribution in [0.3, 0.4) is 0 Å². The zero-order valence-corrected chi connectivity index (χ0v) is 20.6. The van der Waals surface area contributed by atoms with Gasteiger partial charge in [0.2, 0.25) is 0 Å². The van der Waals surface area contributed by atoms with Crippen LogP contribution < -0.4 is 0 Å². The summed E-state index contributed by atoms with van der Waals surface area (Å²) in [6.45, 7) is 6.33. The molecule has 0 saturated carbocycles. The van der Waals surface area contributed by atoms with E-state index in [1.165, 1.54) is 0 Å². The van der Waals surface area contributed by atoms with Gasteiger partial charge >= 0.3 is 0 Å². The molecule has 3 aromatic rings. The summed E-state index contributed by atoms with van der Waals surface area (Å²) < 4.78 is 65.3. The molecule has 1 aliphatic heterocycles. The maximum atomic E-state index is 15.1. The minimum atomic E-state index is -0.930. The van der Waals surface area contributed by atoms with Gasteiger partial charge in [-0.25, -0.2) is 17.6 Å². The van der Waals surface area contributed by atoms with Crippen LogP contribution in [0.15, 0.2) is 61.2 Å². The smallest absolute Gasteiger partial charge is 0.167 e. The maximum absolute atomic E-state index is 15.1. The Morgan fingerprint density at radius 1 is 0.833 bits per heavy atom. The van der Waals surface area contributed by atoms with Gasteiger partial charge in [0.15, 0.2) is 23.3 Å². The molecule has 36 heavy (non-hydrogen) atoms. The van der Waals surface area contributed by atoms with E-state index in [-0.39, 0.29) is 16.7 Å². The number of ether oxygens (including phenoxy) is 1. The number of hydrogen-bond donors (Lipinski definition) is 0. The van der Waals surface area contributed by atoms with Crippen LogP contribution in [0.1, 0.15) is 62.7 Å². The van der Waals surface area contributed by atoms with Crippen molar-refractivity contribution in [2.24, 2.45) is 5.92 Å². The van der Waals surface area contributed by atoms with E-state index in [1.54, 1.807) is 54.6 Å². The van der Waals surface area contributed by atoms with Gasteiger partial charge in [-0.15, -0.1) is 6.58 Å². The molecule has 0 spiro atoms. The number of benzene rings is 3. The highest BCUT2D eigenvalue weighted by molar-refractivity contribution is 5.71. The fourth-order valence-electron chi connectivity index (χ4n) is 4.99. The molecule has 0 radical (unpaired) electrons. The molecule has 1 aliphatic rings. The summed E-state index contributed by atoms with van der Waals surface area (Å²) in [4.78, 5) is 0. The Kier molecular flexibility index (Phi) is 8.63. The van der Waals surface area contributed by atoms with Crippen LogP contribution in [-0.2, 0) is 11.2 Å². The lowest BCUT2D eigenvalue weighted by Gasteiger charge is -2.29. The van der Waals surface area contributed by atoms with Gasteiger partial charge in [-0.05, 0) is 61.1 Å². The van der Waals surface area contributed by atoms with Crippen LogP contribution in [0.4, 0.5) is 17.6 Å². The van der Waals surface area contributed by atoms with E-state index < -0.39 is 29.4 Å². The Morgan fingerprint density at radius 3 is 2.06 bits per heavy atom. The summed E-state index contributed by atoms with van der Waals surface area (Å²) in [5.74, 6) is -3.11. The molecule has 0 N–H and O–H groups in total. The molecular formula is C31H32F4O. The Labute approximate surface area is 210 Å². The molecule has 3 aromatic carbocycles. The van der Waals surface area contributed by atoms with Crippen molar-refractivity contribution in [2.45, 2.75) is 58.0 Å². The normalized spacial score (nSPS) is 17.8. The molecule has 2 atom stereocenters. The molecule has 1 heterocycles. The summed E-state index contributed by atoms with van der Waals surface area (Å²) in [5.41, 5.74) is 1.73. The van der Waals surface area contributed by atoms with Gasteiger partial charge in [-0.1, -0.05) is 68.0 Å². The predicted molar refractivity (Wildman–Crippen MR) is 137 cm³/mol. The zero-order chi connectivity index (χ0) is 25.7. The summed E-state index contributed by atoms with van der Waals surface area (Å²) >= 11 is 0. The SMILES string of the molecule is C=CCCCc1ccc(-c2ccc(-c3ccc(C4CCC(CCC)CO4)c(F)c3F)cc2)c(F)c1F. The number of rotatable bonds is 9. The first-order valence-electron chi connectivity index (χ1n) is 12.7. The van der Waals surface area contributed by atoms with Crippen LogP contribution in [0, 0.1) is 29.2 Å². The summed E-state index contributed by atoms with van der Waals surface area (Å²) in [7, 11) is 0. The van der Waals surface area contributed by atoms with Crippen molar-refractivity contribution in [3.8, 4) is 22.3 Å². The van der Waals surface area contributed by atoms with Gasteiger partial charge in [0.25, 0.3) is 0 Å². The van der Waals surface area contributed by atoms with Crippen molar-refractivity contribution in [3.63, 3.8) is 0 Å². The summed E-state index contributed by atoms with van der Waals surface area (Å²) in [6.07, 6.45) is 6.93. The number of halogens is 4. The van der Waals surface area contributed by atoms with Gasteiger partial charge < -0.3 is 4.74 Å². The lowest BCUT2D eigenvalue weighted by atomic mass is 9.90. The van der Waals surface area contributed by atoms with E-state index in [0.717, 1.165) is 25.7 Å². The Balaban J connectivity index is 1.52. The predicted octanol–water partition coefficient (Wildman–Crippen LogP) is 9.35. The van der Waals surface area contributed by atoms with Crippen LogP contribution in [-0.4, -0.2) is 6.61 Å². The van der Waals surface area contributed by atoms with Crippen molar-refractivity contribution >= 4 is 0 Å². The number of aryl methyl sites for hydroxylation is 1. The van der Waals surface area contributed by atoms with Gasteiger partial charge in [0.05, 0.1) is 12.7 Å². The quantitative estimate of drug-likeness (QED) is 0.163. The first kappa shape index (κ1) is 26.2. The van der Waals surface area contributed by atoms with Gasteiger partial charge in [-0.3, -0.25) is 0 Å². The van der Waals surface area contributed by atoms with E-state index in [9.17, 15) is 8.78 Å². The van der Waals surface area contributed by atoms with Crippen LogP contribution in [0.2, 0.25) is 0 Å². The van der Waals surface area contributed by atoms with E-state index in [0.29, 0.717) is 48.5 Å². The molecule has 0 bridgehead atoms. The molecule has 2 unspecified atom stereocenters. The minimum Gasteiger partial charge on any atom is -0.373 e. The average Bonchev–Trinajstić information content (AvgIpc) is 2.89. The second-order valence-electron chi connectivity index (χ2n) is 9.54. The van der Waals surface area contributed by atoms with Gasteiger partial charge in [0, 0.05) is 16.7 Å². The zero-order valence-electron chi connectivity index (χ0n) is 20.6. The largest absolute Gasteiger partial charge is 0.373 e. The van der Waals surface area contributed by atoms with E-state index >= 15 is 8.78 Å². The second kappa shape index (κ2) is 11.9. The lowest BCUT2D eigenvalue weighted by Crippen LogP contribution is -2.21. The van der Waals surface area contributed by atoms with Crippen molar-refractivity contribution in [2.75, 3.05) is 6.61 Å². The Hall–Kier alpha value is -2.92. The molecule has 0 amide bonds. The van der Waals surface area contributed by atoms with Gasteiger partial charge in [0.1, 0.15) is 0 Å². The maximum Gasteiger partial charge on any atom is 0.167 e. The third-order valence-corrected chi connectivity index (χ3v) is 7.05. The third kappa shape index (κ3) is 5.57. The van der Waals surface area contributed by atoms with E-state index in [2.05, 4.69) is 13.5 Å². The first-order chi connectivity index (χ1) is 17.4. The van der Waals surface area contributed by atoms with Crippen LogP contribution in [0.5, 0.6) is 0 Å². The fraction of sp³-hybridized carbons (Fsp3) is 0.355. The molecule has 190 valence electrons. The highest BCUT2D eigenvalue weighted by Crippen LogP contribution is 2.37. The third-order valence-electron chi connectivity index (χ3n) is 7.05. The number of unbranched alkanes of at least 4 members (excludes halogenated alkanes) is 1. The van der Waals surface area contributed by atoms with Crippen LogP contribution >= 0.6 is 0 Å². The summed E-state index contributed by atoms with van der Waals surface area (Å²) in [6, 6.07) is 12.7. The molecular weight excluding hydrogens is 464 g/mol. The molecule has 0 aromatic heterocycles. The van der Waals surface area contributed by atoms with E-state index in [4.69, 9.17) is 4.74 Å². The average molecular weight is 497 g/mol. The first-order valence-corrected chi connectivity index (χ1v) is 12.7. The standard InChI is InChI=1S/C31H32F4O/c1-3-5-6-8-23-14-15-24(29(33)28(23)32)21-10-12-22(13-11-21)25-16-17-26(31(35)30(25)34)27-18-9-20(7-4-2)19-36-27/h3,10-17,20,27H,1,4-9,18-19H2,2H3. The second-order valence-corrected chi connectivity index (χ2v) is 9.54. The molecule has 1 fully saturated rings. The highest BCUT2D eigenvalue weighted by Gasteiger charge is 2.27. The Bertz CT molecular complexity index is 1190. The summed E-state index contributed by atoms with van der Waals surface area (Å²) in [5, 5.41) is 0. The van der Waals surface area contributed by atoms with E-state index in [1.807, 2.05) is 0 Å². The monoisotopic (exact) mass is 496 g/mol. The lowest BCUT2D eigenvalue weighted by molar-refractivity contribution is -0.0214. The molecule has 1 saturated heterocycles. The van der Waals surface area contributed by atoms with Crippen LogP contribution in [0.25, 0.3) is 22.3 Å². The number of allylic oxidation sites excluding steroid dienone is 1. The van der Waals surface area contributed by atoms with Crippen molar-refractivity contribution < 1.29 is 22.3 Å². The molecule has 4 rings (SSSR count). The molecule has 0 aliphatic carbocycles. The van der Waals surface area contributed by atoms with Crippen molar-refractivity contribution in [3.05, 3.63) is 95.6 Å². The highest BCUT2D eigenvalue weighted by atomic mass is 19.2. The van der Waals surface area contributed by atoms with Gasteiger partial charge in [-0.2, -0.15) is 0 Å². The fourth-order valence-corrected chi connectivity index (χ4v) is 4.99. The van der Waals surface area contributed by atoms with Crippen molar-refractivity contribution in [1.29, 1.82) is 0 Å². The molecule has 1 nitrogen and oxygen atoms in total. The van der Waals surface area contributed by atoms with Crippen molar-refractivity contribution in [1.82, 2.24) is 0 Å². The minimum absolute atomic E-state index is 0.117. The molecule has 5 heteroatoms. The number of hydrogen-bond acceptors (Lipinski definition) is 1. The topological polar surface area (TPSA) is 9.23 Å². The Morgan fingerprint density at radius 2 is 1.47 bits per heavy atom.